The lowest BCUT2D eigenvalue weighted by atomic mass is 10.2. The molecule has 4 heterocycles. The number of hydrogen-bond donors (Lipinski definition) is 2. The predicted molar refractivity (Wildman–Crippen MR) is 142 cm³/mol. The smallest absolute Gasteiger partial charge is 0.300 e. The van der Waals surface area contributed by atoms with E-state index in [1.165, 1.54) is 6.42 Å². The fourth-order valence-corrected chi connectivity index (χ4v) is 4.87. The Labute approximate surface area is 213 Å². The first-order valence-corrected chi connectivity index (χ1v) is 12.3. The van der Waals surface area contributed by atoms with Gasteiger partial charge >= 0.3 is 0 Å². The molecular weight excluding hydrogens is 476 g/mol. The van der Waals surface area contributed by atoms with Crippen LogP contribution in [0.25, 0.3) is 22.1 Å². The number of rotatable bonds is 7. The van der Waals surface area contributed by atoms with Gasteiger partial charge in [-0.2, -0.15) is 4.98 Å². The maximum atomic E-state index is 6.53. The van der Waals surface area contributed by atoms with Crippen LogP contribution >= 0.6 is 11.6 Å². The molecule has 0 bridgehead atoms. The van der Waals surface area contributed by atoms with Crippen molar-refractivity contribution in [3.8, 4) is 11.5 Å². The number of nitrogens with one attached hydrogen (secondary N) is 2. The van der Waals surface area contributed by atoms with E-state index in [4.69, 9.17) is 20.8 Å². The number of pyridine rings is 1. The number of fused-ring (bicyclic) bond motifs is 2. The Bertz CT molecular complexity index is 1530. The van der Waals surface area contributed by atoms with Crippen LogP contribution in [0.2, 0.25) is 5.02 Å². The summed E-state index contributed by atoms with van der Waals surface area (Å²) in [5.74, 6) is 1.40. The summed E-state index contributed by atoms with van der Waals surface area (Å²) in [6, 6.07) is 16.3. The van der Waals surface area contributed by atoms with Crippen LogP contribution in [0.15, 0.2) is 65.3 Å². The minimum Gasteiger partial charge on any atom is -0.456 e. The third-order valence-corrected chi connectivity index (χ3v) is 7.04. The van der Waals surface area contributed by atoms with Gasteiger partial charge in [-0.05, 0) is 68.5 Å². The number of benzene rings is 2. The first-order chi connectivity index (χ1) is 17.5. The van der Waals surface area contributed by atoms with Crippen LogP contribution in [0.4, 0.5) is 11.7 Å². The monoisotopic (exact) mass is 502 g/mol. The highest BCUT2D eigenvalue weighted by Gasteiger charge is 2.24. The molecule has 2 aromatic carbocycles. The molecular formula is C27H27ClN6O2. The van der Waals surface area contributed by atoms with E-state index in [0.29, 0.717) is 28.9 Å². The molecule has 0 aliphatic carbocycles. The lowest BCUT2D eigenvalue weighted by Crippen LogP contribution is -2.31. The standard InChI is InChI=1S/C27H27ClN6O2/c1-33(2)19-9-12-34(16-19)15-17-13-18(3-5-22(17)28)31-27-32-23-14-20(4-6-25(23)36-27)35-24-8-11-30-26-21(24)7-10-29-26/h3-8,10-11,13-14,19H,9,12,15-16H2,1-2H3,(H,29,30)(H,31,32). The lowest BCUT2D eigenvalue weighted by molar-refractivity contribution is 0.265. The van der Waals surface area contributed by atoms with Gasteiger partial charge < -0.3 is 24.4 Å². The summed E-state index contributed by atoms with van der Waals surface area (Å²) in [6.45, 7) is 2.93. The molecule has 1 unspecified atom stereocenters. The number of aromatic nitrogens is 3. The van der Waals surface area contributed by atoms with Gasteiger partial charge in [-0.3, -0.25) is 4.90 Å². The second kappa shape index (κ2) is 9.46. The maximum Gasteiger partial charge on any atom is 0.300 e. The quantitative estimate of drug-likeness (QED) is 0.281. The summed E-state index contributed by atoms with van der Waals surface area (Å²) in [6.07, 6.45) is 4.74. The topological polar surface area (TPSA) is 82.5 Å². The van der Waals surface area contributed by atoms with Crippen molar-refractivity contribution < 1.29 is 9.15 Å². The molecule has 1 fully saturated rings. The molecule has 1 atom stereocenters. The van der Waals surface area contributed by atoms with Crippen molar-refractivity contribution >= 4 is 45.4 Å². The molecule has 1 aliphatic heterocycles. The Morgan fingerprint density at radius 3 is 2.97 bits per heavy atom. The van der Waals surface area contributed by atoms with Gasteiger partial charge in [0.25, 0.3) is 6.01 Å². The van der Waals surface area contributed by atoms with E-state index in [1.54, 1.807) is 6.20 Å². The Morgan fingerprint density at radius 1 is 1.19 bits per heavy atom. The lowest BCUT2D eigenvalue weighted by Gasteiger charge is -2.21. The molecule has 6 rings (SSSR count). The van der Waals surface area contributed by atoms with Crippen LogP contribution in [0.1, 0.15) is 12.0 Å². The maximum absolute atomic E-state index is 6.53. The third-order valence-electron chi connectivity index (χ3n) is 6.68. The minimum absolute atomic E-state index is 0.418. The van der Waals surface area contributed by atoms with Gasteiger partial charge in [0, 0.05) is 54.8 Å². The van der Waals surface area contributed by atoms with Crippen molar-refractivity contribution in [1.29, 1.82) is 0 Å². The Balaban J connectivity index is 1.18. The summed E-state index contributed by atoms with van der Waals surface area (Å²) in [4.78, 5) is 16.8. The number of nitrogens with zero attached hydrogens (tertiary/aromatic N) is 4. The normalized spacial score (nSPS) is 16.4. The SMILES string of the molecule is CN(C)C1CCN(Cc2cc(Nc3nc4cc(Oc5ccnc6[nH]ccc56)ccc4o3)ccc2Cl)C1. The van der Waals surface area contributed by atoms with Gasteiger partial charge in [-0.1, -0.05) is 11.6 Å². The van der Waals surface area contributed by atoms with E-state index in [1.807, 2.05) is 48.7 Å². The largest absolute Gasteiger partial charge is 0.456 e. The fourth-order valence-electron chi connectivity index (χ4n) is 4.69. The number of ether oxygens (including phenoxy) is 1. The number of likely N-dealkylation sites (N-methyl/N-ethyl adjacent to an activating group) is 1. The van der Waals surface area contributed by atoms with E-state index >= 15 is 0 Å². The Hall–Kier alpha value is -3.59. The first kappa shape index (κ1) is 22.8. The van der Waals surface area contributed by atoms with Gasteiger partial charge in [-0.25, -0.2) is 4.98 Å². The molecule has 1 aliphatic rings. The summed E-state index contributed by atoms with van der Waals surface area (Å²) in [5.41, 5.74) is 4.13. The molecule has 184 valence electrons. The van der Waals surface area contributed by atoms with E-state index in [9.17, 15) is 0 Å². The number of anilines is 2. The fraction of sp³-hybridized carbons (Fsp3) is 0.259. The van der Waals surface area contributed by atoms with Crippen molar-refractivity contribution in [2.75, 3.05) is 32.5 Å². The molecule has 1 saturated heterocycles. The number of likely N-dealkylation sites (tertiary alicyclic amines) is 1. The molecule has 3 aromatic heterocycles. The molecule has 0 radical (unpaired) electrons. The molecule has 5 aromatic rings. The van der Waals surface area contributed by atoms with E-state index < -0.39 is 0 Å². The van der Waals surface area contributed by atoms with Crippen molar-refractivity contribution in [3.63, 3.8) is 0 Å². The van der Waals surface area contributed by atoms with Crippen LogP contribution in [-0.4, -0.2) is 58.0 Å². The predicted octanol–water partition coefficient (Wildman–Crippen LogP) is 6.03. The molecule has 36 heavy (non-hydrogen) atoms. The summed E-state index contributed by atoms with van der Waals surface area (Å²) >= 11 is 6.53. The second-order valence-corrected chi connectivity index (χ2v) is 9.78. The number of H-pyrrole nitrogens is 1. The van der Waals surface area contributed by atoms with Crippen LogP contribution in [0, 0.1) is 0 Å². The molecule has 0 spiro atoms. The van der Waals surface area contributed by atoms with Crippen molar-refractivity contribution in [1.82, 2.24) is 24.8 Å². The zero-order valence-electron chi connectivity index (χ0n) is 20.2. The highest BCUT2D eigenvalue weighted by Crippen LogP contribution is 2.32. The minimum atomic E-state index is 0.418. The first-order valence-electron chi connectivity index (χ1n) is 12.0. The van der Waals surface area contributed by atoms with E-state index in [2.05, 4.69) is 50.2 Å². The number of aromatic amines is 1. The summed E-state index contributed by atoms with van der Waals surface area (Å²) in [7, 11) is 4.28. The average molecular weight is 503 g/mol. The molecule has 9 heteroatoms. The van der Waals surface area contributed by atoms with Crippen molar-refractivity contribution in [3.05, 3.63) is 71.5 Å². The third kappa shape index (κ3) is 4.63. The average Bonchev–Trinajstić information content (AvgIpc) is 3.61. The van der Waals surface area contributed by atoms with E-state index in [-0.39, 0.29) is 0 Å². The van der Waals surface area contributed by atoms with Crippen molar-refractivity contribution in [2.24, 2.45) is 0 Å². The second-order valence-electron chi connectivity index (χ2n) is 9.37. The zero-order valence-corrected chi connectivity index (χ0v) is 20.9. The van der Waals surface area contributed by atoms with E-state index in [0.717, 1.165) is 52.7 Å². The Morgan fingerprint density at radius 2 is 2.11 bits per heavy atom. The van der Waals surface area contributed by atoms with Crippen LogP contribution in [0.3, 0.4) is 0 Å². The Kier molecular flexibility index (Phi) is 6.00. The molecule has 2 N–H and O–H groups in total. The van der Waals surface area contributed by atoms with Gasteiger partial charge in [0.05, 0.1) is 5.39 Å². The molecule has 8 nitrogen and oxygen atoms in total. The number of halogens is 1. The van der Waals surface area contributed by atoms with Gasteiger partial charge in [0.1, 0.15) is 22.7 Å². The number of hydrogen-bond acceptors (Lipinski definition) is 7. The van der Waals surface area contributed by atoms with Crippen LogP contribution < -0.4 is 10.1 Å². The summed E-state index contributed by atoms with van der Waals surface area (Å²) in [5, 5.41) is 4.97. The van der Waals surface area contributed by atoms with Crippen LogP contribution in [0.5, 0.6) is 11.5 Å². The summed E-state index contributed by atoms with van der Waals surface area (Å²) < 4.78 is 12.1. The molecule has 0 amide bonds. The van der Waals surface area contributed by atoms with Gasteiger partial charge in [-0.15, -0.1) is 0 Å². The highest BCUT2D eigenvalue weighted by atomic mass is 35.5. The molecule has 0 saturated carbocycles. The van der Waals surface area contributed by atoms with Gasteiger partial charge in [0.15, 0.2) is 5.58 Å². The zero-order chi connectivity index (χ0) is 24.6. The van der Waals surface area contributed by atoms with Gasteiger partial charge in [0.2, 0.25) is 0 Å². The van der Waals surface area contributed by atoms with Crippen molar-refractivity contribution in [2.45, 2.75) is 19.0 Å². The number of oxazole rings is 1. The van der Waals surface area contributed by atoms with Crippen LogP contribution in [-0.2, 0) is 6.54 Å². The highest BCUT2D eigenvalue weighted by molar-refractivity contribution is 6.31.